The van der Waals surface area contributed by atoms with Gasteiger partial charge in [-0.2, -0.15) is 10.1 Å². The average Bonchev–Trinajstić information content (AvgIpc) is 3.27. The van der Waals surface area contributed by atoms with Gasteiger partial charge in [0.2, 0.25) is 17.7 Å². The van der Waals surface area contributed by atoms with Crippen LogP contribution in [-0.4, -0.2) is 41.1 Å². The lowest BCUT2D eigenvalue weighted by Crippen LogP contribution is -2.19. The molecule has 0 unspecified atom stereocenters. The number of sulfonamides is 1. The Kier molecular flexibility index (Phi) is 7.02. The topological polar surface area (TPSA) is 128 Å². The molecule has 0 bridgehead atoms. The number of nitrogens with zero attached hydrogens (tertiary/aromatic N) is 4. The average molecular weight is 507 g/mol. The van der Waals surface area contributed by atoms with Crippen LogP contribution in [0.5, 0.6) is 11.6 Å². The van der Waals surface area contributed by atoms with Crippen molar-refractivity contribution in [3.05, 3.63) is 77.6 Å². The molecule has 4 aromatic rings. The summed E-state index contributed by atoms with van der Waals surface area (Å²) in [5.41, 5.74) is 4.13. The molecule has 4 rings (SSSR count). The van der Waals surface area contributed by atoms with Crippen molar-refractivity contribution in [2.75, 3.05) is 11.8 Å². The third kappa shape index (κ3) is 5.69. The summed E-state index contributed by atoms with van der Waals surface area (Å²) in [6.45, 7) is 3.91. The van der Waals surface area contributed by atoms with Crippen LogP contribution in [0, 0.1) is 13.8 Å². The van der Waals surface area contributed by atoms with Gasteiger partial charge in [-0.1, -0.05) is 30.3 Å². The molecule has 1 amide bonds. The van der Waals surface area contributed by atoms with Gasteiger partial charge in [-0.05, 0) is 42.7 Å². The van der Waals surface area contributed by atoms with Crippen LogP contribution in [-0.2, 0) is 28.3 Å². The minimum absolute atomic E-state index is 0.0137. The molecule has 0 radical (unpaired) electrons. The molecule has 0 spiro atoms. The largest absolute Gasteiger partial charge is 0.439 e. The van der Waals surface area contributed by atoms with E-state index in [9.17, 15) is 13.2 Å². The minimum atomic E-state index is -3.97. The van der Waals surface area contributed by atoms with Crippen molar-refractivity contribution >= 4 is 21.9 Å². The smallest absolute Gasteiger partial charge is 0.267 e. The molecule has 2 aromatic carbocycles. The van der Waals surface area contributed by atoms with E-state index in [0.717, 1.165) is 22.3 Å². The molecular weight excluding hydrogens is 480 g/mol. The molecule has 0 atom stereocenters. The van der Waals surface area contributed by atoms with Crippen LogP contribution in [0.2, 0.25) is 0 Å². The molecule has 0 aliphatic carbocycles. The van der Waals surface area contributed by atoms with Crippen LogP contribution in [0.25, 0.3) is 11.3 Å². The van der Waals surface area contributed by atoms with Gasteiger partial charge in [0, 0.05) is 31.9 Å². The van der Waals surface area contributed by atoms with Gasteiger partial charge in [0.15, 0.2) is 0 Å². The Labute approximate surface area is 209 Å². The first-order valence-corrected chi connectivity index (χ1v) is 12.6. The van der Waals surface area contributed by atoms with Gasteiger partial charge in [0.1, 0.15) is 10.6 Å². The quantitative estimate of drug-likeness (QED) is 0.375. The lowest BCUT2D eigenvalue weighted by atomic mass is 10.00. The van der Waals surface area contributed by atoms with Crippen LogP contribution in [0.3, 0.4) is 0 Å². The van der Waals surface area contributed by atoms with Crippen LogP contribution in [0.1, 0.15) is 16.7 Å². The number of rotatable bonds is 8. The fraction of sp³-hybridized carbons (Fsp3) is 0.200. The molecular formula is C25H26N6O4S. The summed E-state index contributed by atoms with van der Waals surface area (Å²) in [5.74, 6) is 0.405. The summed E-state index contributed by atoms with van der Waals surface area (Å²) in [5, 5.41) is 6.51. The zero-order valence-electron chi connectivity index (χ0n) is 20.3. The Morgan fingerprint density at radius 1 is 1.06 bits per heavy atom. The summed E-state index contributed by atoms with van der Waals surface area (Å²) < 4.78 is 35.6. The Morgan fingerprint density at radius 2 is 1.75 bits per heavy atom. The molecule has 186 valence electrons. The second-order valence-electron chi connectivity index (χ2n) is 8.23. The van der Waals surface area contributed by atoms with Crippen molar-refractivity contribution in [2.24, 2.45) is 7.05 Å². The number of hydrogen-bond donors (Lipinski definition) is 2. The lowest BCUT2D eigenvalue weighted by molar-refractivity contribution is -0.119. The molecule has 0 saturated carbocycles. The maximum absolute atomic E-state index is 12.9. The Hall–Kier alpha value is -4.25. The van der Waals surface area contributed by atoms with E-state index in [1.807, 2.05) is 32.0 Å². The molecule has 2 N–H and O–H groups in total. The number of hydrogen-bond acceptors (Lipinski definition) is 7. The fourth-order valence-electron chi connectivity index (χ4n) is 3.66. The highest BCUT2D eigenvalue weighted by molar-refractivity contribution is 7.92. The number of carbonyl (C=O) groups excluding carboxylic acids is 1. The van der Waals surface area contributed by atoms with Gasteiger partial charge in [0.25, 0.3) is 10.0 Å². The molecule has 10 nitrogen and oxygen atoms in total. The number of nitrogens with one attached hydrogen (secondary N) is 2. The summed E-state index contributed by atoms with van der Waals surface area (Å²) >= 11 is 0. The predicted molar refractivity (Wildman–Crippen MR) is 135 cm³/mol. The van der Waals surface area contributed by atoms with Gasteiger partial charge >= 0.3 is 0 Å². The SMILES string of the molecule is CNC(=O)Cc1ccc(Oc2cc(-c3c(C)cccc3C)nc(NS(=O)(=O)c3cnn(C)c3)n2)cc1. The molecule has 0 saturated heterocycles. The van der Waals surface area contributed by atoms with E-state index < -0.39 is 10.0 Å². The number of amides is 1. The summed E-state index contributed by atoms with van der Waals surface area (Å²) in [4.78, 5) is 20.4. The monoisotopic (exact) mass is 506 g/mol. The molecule has 0 aliphatic rings. The van der Waals surface area contributed by atoms with Crippen LogP contribution in [0.4, 0.5) is 5.95 Å². The highest BCUT2D eigenvalue weighted by Crippen LogP contribution is 2.31. The Balaban J connectivity index is 1.71. The zero-order valence-corrected chi connectivity index (χ0v) is 21.1. The van der Waals surface area contributed by atoms with E-state index in [0.29, 0.717) is 11.4 Å². The van der Waals surface area contributed by atoms with Crippen molar-refractivity contribution in [3.8, 4) is 22.9 Å². The van der Waals surface area contributed by atoms with E-state index in [1.54, 1.807) is 44.4 Å². The molecule has 0 fully saturated rings. The van der Waals surface area contributed by atoms with E-state index >= 15 is 0 Å². The molecule has 36 heavy (non-hydrogen) atoms. The number of ether oxygens (including phenoxy) is 1. The second-order valence-corrected chi connectivity index (χ2v) is 9.92. The van der Waals surface area contributed by atoms with Gasteiger partial charge in [-0.15, -0.1) is 0 Å². The number of benzene rings is 2. The van der Waals surface area contributed by atoms with Gasteiger partial charge in [0.05, 0.1) is 18.3 Å². The summed E-state index contributed by atoms with van der Waals surface area (Å²) in [6, 6.07) is 14.5. The van der Waals surface area contributed by atoms with E-state index in [1.165, 1.54) is 17.1 Å². The van der Waals surface area contributed by atoms with Crippen molar-refractivity contribution in [3.63, 3.8) is 0 Å². The first kappa shape index (κ1) is 24.9. The number of carbonyl (C=O) groups is 1. The van der Waals surface area contributed by atoms with Crippen LogP contribution < -0.4 is 14.8 Å². The van der Waals surface area contributed by atoms with E-state index in [-0.39, 0.29) is 29.1 Å². The highest BCUT2D eigenvalue weighted by atomic mass is 32.2. The fourth-order valence-corrected chi connectivity index (χ4v) is 4.58. The number of anilines is 1. The predicted octanol–water partition coefficient (Wildman–Crippen LogP) is 3.38. The summed E-state index contributed by atoms with van der Waals surface area (Å²) in [7, 11) is -0.759. The van der Waals surface area contributed by atoms with Crippen molar-refractivity contribution in [1.82, 2.24) is 25.1 Å². The third-order valence-corrected chi connectivity index (χ3v) is 6.73. The van der Waals surface area contributed by atoms with Gasteiger partial charge < -0.3 is 10.1 Å². The Bertz CT molecular complexity index is 1490. The maximum Gasteiger partial charge on any atom is 0.267 e. The van der Waals surface area contributed by atoms with Crippen molar-refractivity contribution in [1.29, 1.82) is 0 Å². The minimum Gasteiger partial charge on any atom is -0.439 e. The van der Waals surface area contributed by atoms with Gasteiger partial charge in [-0.3, -0.25) is 9.48 Å². The number of likely N-dealkylation sites (N-methyl/N-ethyl adjacent to an activating group) is 1. The van der Waals surface area contributed by atoms with E-state index in [2.05, 4.69) is 25.1 Å². The van der Waals surface area contributed by atoms with Crippen LogP contribution in [0.15, 0.2) is 65.8 Å². The first-order valence-electron chi connectivity index (χ1n) is 11.1. The summed E-state index contributed by atoms with van der Waals surface area (Å²) in [6.07, 6.45) is 2.88. The standard InChI is InChI=1S/C25H26N6O4S/c1-16-6-5-7-17(2)24(16)21-13-23(35-19-10-8-18(9-11-19)12-22(32)26-3)29-25(28-21)30-36(33,34)20-14-27-31(4)15-20/h5-11,13-15H,12H2,1-4H3,(H,26,32)(H,28,29,30). The number of aryl methyl sites for hydroxylation is 3. The lowest BCUT2D eigenvalue weighted by Gasteiger charge is -2.13. The third-order valence-electron chi connectivity index (χ3n) is 5.45. The second kappa shape index (κ2) is 10.2. The first-order chi connectivity index (χ1) is 17.1. The highest BCUT2D eigenvalue weighted by Gasteiger charge is 2.20. The normalized spacial score (nSPS) is 11.2. The van der Waals surface area contributed by atoms with Crippen LogP contribution >= 0.6 is 0 Å². The Morgan fingerprint density at radius 3 is 2.36 bits per heavy atom. The number of aromatic nitrogens is 4. The van der Waals surface area contributed by atoms with E-state index in [4.69, 9.17) is 4.74 Å². The van der Waals surface area contributed by atoms with Gasteiger partial charge in [-0.25, -0.2) is 18.1 Å². The zero-order chi connectivity index (χ0) is 25.9. The molecule has 0 aliphatic heterocycles. The molecule has 2 aromatic heterocycles. The molecule has 2 heterocycles. The maximum atomic E-state index is 12.9. The molecule has 11 heteroatoms. The van der Waals surface area contributed by atoms with Crippen molar-refractivity contribution in [2.45, 2.75) is 25.2 Å². The van der Waals surface area contributed by atoms with Crippen molar-refractivity contribution < 1.29 is 17.9 Å².